The summed E-state index contributed by atoms with van der Waals surface area (Å²) < 4.78 is 0. The van der Waals surface area contributed by atoms with Gasteiger partial charge in [-0.1, -0.05) is 66.7 Å². The first kappa shape index (κ1) is 21.0. The number of carbonyl (C=O) groups excluding carboxylic acids is 2. The third kappa shape index (κ3) is 4.03. The molecule has 2 amide bonds. The van der Waals surface area contributed by atoms with E-state index in [0.717, 1.165) is 16.7 Å². The lowest BCUT2D eigenvalue weighted by Crippen LogP contribution is -2.73. The number of nitrogens with zero attached hydrogens (tertiary/aromatic N) is 4. The molecule has 0 saturated carbocycles. The lowest BCUT2D eigenvalue weighted by atomic mass is 9.73. The van der Waals surface area contributed by atoms with Crippen molar-refractivity contribution in [2.24, 2.45) is 0 Å². The second kappa shape index (κ2) is 8.96. The Kier molecular flexibility index (Phi) is 5.71. The van der Waals surface area contributed by atoms with E-state index in [4.69, 9.17) is 0 Å². The predicted molar refractivity (Wildman–Crippen MR) is 124 cm³/mol. The zero-order chi connectivity index (χ0) is 22.8. The van der Waals surface area contributed by atoms with Crippen LogP contribution < -0.4 is 0 Å². The first-order chi connectivity index (χ1) is 16.2. The van der Waals surface area contributed by atoms with Crippen LogP contribution in [0.2, 0.25) is 0 Å². The van der Waals surface area contributed by atoms with E-state index >= 15 is 0 Å². The highest BCUT2D eigenvalue weighted by Crippen LogP contribution is 2.43. The van der Waals surface area contributed by atoms with E-state index in [1.54, 1.807) is 4.90 Å². The molecule has 3 aromatic rings. The molecule has 166 valence electrons. The van der Waals surface area contributed by atoms with Gasteiger partial charge in [-0.3, -0.25) is 14.6 Å². The maximum Gasteiger partial charge on any atom is 0.274 e. The Morgan fingerprint density at radius 2 is 1.76 bits per heavy atom. The number of hydrogen-bond donors (Lipinski definition) is 1. The van der Waals surface area contributed by atoms with E-state index in [1.165, 1.54) is 23.5 Å². The number of amides is 2. The highest BCUT2D eigenvalue weighted by atomic mass is 16.3. The fourth-order valence-electron chi connectivity index (χ4n) is 4.81. The molecule has 33 heavy (non-hydrogen) atoms. The summed E-state index contributed by atoms with van der Waals surface area (Å²) in [5, 5.41) is 9.99. The molecule has 0 unspecified atom stereocenters. The monoisotopic (exact) mass is 440 g/mol. The minimum atomic E-state index is -0.302. The van der Waals surface area contributed by atoms with Crippen molar-refractivity contribution >= 4 is 24.0 Å². The molecule has 2 aliphatic heterocycles. The molecule has 3 heterocycles. The molecule has 2 aromatic carbocycles. The average Bonchev–Trinajstić information content (AvgIpc) is 2.85. The first-order valence-electron chi connectivity index (χ1n) is 11.0. The van der Waals surface area contributed by atoms with Gasteiger partial charge in [0.1, 0.15) is 12.2 Å². The summed E-state index contributed by atoms with van der Waals surface area (Å²) in [6, 6.07) is 17.8. The van der Waals surface area contributed by atoms with Gasteiger partial charge in [0.15, 0.2) is 0 Å². The maximum atomic E-state index is 12.8. The zero-order valence-corrected chi connectivity index (χ0v) is 18.0. The fraction of sp³-hybridized carbons (Fsp3) is 0.231. The number of aliphatic hydroxyl groups excluding tert-OH is 1. The molecule has 5 rings (SSSR count). The van der Waals surface area contributed by atoms with Crippen LogP contribution in [0.15, 0.2) is 73.2 Å². The molecule has 7 nitrogen and oxygen atoms in total. The molecule has 2 aliphatic rings. The molecule has 3 atom stereocenters. The minimum Gasteiger partial charge on any atom is -0.394 e. The smallest absolute Gasteiger partial charge is 0.274 e. The Hall–Kier alpha value is -3.84. The van der Waals surface area contributed by atoms with Gasteiger partial charge in [-0.05, 0) is 16.7 Å². The zero-order valence-electron chi connectivity index (χ0n) is 18.0. The summed E-state index contributed by atoms with van der Waals surface area (Å²) in [5.74, 6) is -0.492. The van der Waals surface area contributed by atoms with Crippen LogP contribution in [0, 0.1) is 0 Å². The predicted octanol–water partition coefficient (Wildman–Crippen LogP) is 2.46. The van der Waals surface area contributed by atoms with Crippen LogP contribution in [0.1, 0.15) is 33.1 Å². The molecule has 0 bridgehead atoms. The average molecular weight is 441 g/mol. The number of fused-ring (bicyclic) bond motifs is 1. The van der Waals surface area contributed by atoms with Crippen LogP contribution >= 0.6 is 0 Å². The van der Waals surface area contributed by atoms with Crippen LogP contribution in [-0.4, -0.2) is 68.5 Å². The topological polar surface area (TPSA) is 86.6 Å². The summed E-state index contributed by atoms with van der Waals surface area (Å²) in [6.45, 7) is 0.275. The van der Waals surface area contributed by atoms with E-state index in [9.17, 15) is 14.7 Å². The highest BCUT2D eigenvalue weighted by Gasteiger charge is 2.54. The SMILES string of the molecule is O=C(c1cnccn1)N1CC(=O)N2[C@H](C1)[C@H](c1ccc(/C=C/c3ccccc3)cc1)[C@@H]2CO. The lowest BCUT2D eigenvalue weighted by Gasteiger charge is -2.58. The molecule has 0 aliphatic carbocycles. The second-order valence-corrected chi connectivity index (χ2v) is 8.33. The highest BCUT2D eigenvalue weighted by molar-refractivity contribution is 5.96. The second-order valence-electron chi connectivity index (χ2n) is 8.33. The Bertz CT molecular complexity index is 1170. The summed E-state index contributed by atoms with van der Waals surface area (Å²) in [6.07, 6.45) is 8.50. The van der Waals surface area contributed by atoms with Gasteiger partial charge in [-0.25, -0.2) is 4.98 Å². The van der Waals surface area contributed by atoms with E-state index in [2.05, 4.69) is 22.1 Å². The summed E-state index contributed by atoms with van der Waals surface area (Å²) in [4.78, 5) is 36.9. The van der Waals surface area contributed by atoms with E-state index in [-0.39, 0.29) is 48.7 Å². The first-order valence-corrected chi connectivity index (χ1v) is 11.0. The van der Waals surface area contributed by atoms with Crippen LogP contribution in [0.5, 0.6) is 0 Å². The van der Waals surface area contributed by atoms with Gasteiger partial charge in [0.05, 0.1) is 24.9 Å². The normalized spacial score (nSPS) is 22.2. The van der Waals surface area contributed by atoms with E-state index < -0.39 is 0 Å². The molecule has 0 spiro atoms. The number of piperazine rings is 1. The standard InChI is InChI=1S/C26H24N4O3/c31-17-23-25(20-10-8-19(9-11-20)7-6-18-4-2-1-3-5-18)22-15-29(16-24(32)30(22)23)26(33)21-14-27-12-13-28-21/h1-14,22-23,25,31H,15-17H2/b7-6+/t22-,23+,25+/m1/s1. The summed E-state index contributed by atoms with van der Waals surface area (Å²) >= 11 is 0. The largest absolute Gasteiger partial charge is 0.394 e. The van der Waals surface area contributed by atoms with Crippen molar-refractivity contribution in [3.8, 4) is 0 Å². The Balaban J connectivity index is 1.34. The van der Waals surface area contributed by atoms with Gasteiger partial charge >= 0.3 is 0 Å². The van der Waals surface area contributed by atoms with Crippen molar-refractivity contribution in [2.45, 2.75) is 18.0 Å². The van der Waals surface area contributed by atoms with Crippen molar-refractivity contribution < 1.29 is 14.7 Å². The molecular formula is C26H24N4O3. The number of rotatable bonds is 5. The molecule has 2 saturated heterocycles. The van der Waals surface area contributed by atoms with Gasteiger partial charge in [-0.15, -0.1) is 0 Å². The van der Waals surface area contributed by atoms with Gasteiger partial charge in [0.2, 0.25) is 5.91 Å². The number of aromatic nitrogens is 2. The van der Waals surface area contributed by atoms with Gasteiger partial charge < -0.3 is 14.9 Å². The van der Waals surface area contributed by atoms with Gasteiger partial charge in [0.25, 0.3) is 5.91 Å². The quantitative estimate of drug-likeness (QED) is 0.616. The Morgan fingerprint density at radius 1 is 1.03 bits per heavy atom. The van der Waals surface area contributed by atoms with Crippen molar-refractivity contribution in [3.05, 3.63) is 95.6 Å². The number of hydrogen-bond acceptors (Lipinski definition) is 5. The van der Waals surface area contributed by atoms with E-state index in [0.29, 0.717) is 6.54 Å². The molecular weight excluding hydrogens is 416 g/mol. The minimum absolute atomic E-state index is 0.0155. The van der Waals surface area contributed by atoms with Crippen LogP contribution in [-0.2, 0) is 4.79 Å². The van der Waals surface area contributed by atoms with E-state index in [1.807, 2.05) is 54.6 Å². The maximum absolute atomic E-state index is 12.8. The molecule has 2 fully saturated rings. The van der Waals surface area contributed by atoms with Gasteiger partial charge in [-0.2, -0.15) is 0 Å². The third-order valence-electron chi connectivity index (χ3n) is 6.41. The molecule has 7 heteroatoms. The summed E-state index contributed by atoms with van der Waals surface area (Å²) in [7, 11) is 0. The Morgan fingerprint density at radius 3 is 2.42 bits per heavy atom. The number of carbonyl (C=O) groups is 2. The van der Waals surface area contributed by atoms with Crippen molar-refractivity contribution in [3.63, 3.8) is 0 Å². The molecule has 1 aromatic heterocycles. The lowest BCUT2D eigenvalue weighted by molar-refractivity contribution is -0.159. The Labute approximate surface area is 192 Å². The van der Waals surface area contributed by atoms with Gasteiger partial charge in [0, 0.05) is 24.9 Å². The van der Waals surface area contributed by atoms with Crippen LogP contribution in [0.25, 0.3) is 12.2 Å². The van der Waals surface area contributed by atoms with Crippen molar-refractivity contribution in [2.75, 3.05) is 19.7 Å². The van der Waals surface area contributed by atoms with Crippen LogP contribution in [0.4, 0.5) is 0 Å². The summed E-state index contributed by atoms with van der Waals surface area (Å²) in [5.41, 5.74) is 3.47. The van der Waals surface area contributed by atoms with Crippen molar-refractivity contribution in [1.82, 2.24) is 19.8 Å². The number of benzene rings is 2. The number of aliphatic hydroxyl groups is 1. The van der Waals surface area contributed by atoms with Crippen LogP contribution in [0.3, 0.4) is 0 Å². The van der Waals surface area contributed by atoms with Crippen molar-refractivity contribution in [1.29, 1.82) is 0 Å². The molecule has 1 N–H and O–H groups in total. The third-order valence-corrected chi connectivity index (χ3v) is 6.41. The fourth-order valence-corrected chi connectivity index (χ4v) is 4.81. The molecule has 0 radical (unpaired) electrons.